The van der Waals surface area contributed by atoms with Crippen LogP contribution in [0.3, 0.4) is 0 Å². The average Bonchev–Trinajstić information content (AvgIpc) is 2.56. The summed E-state index contributed by atoms with van der Waals surface area (Å²) in [5.74, 6) is 0.464. The van der Waals surface area contributed by atoms with Gasteiger partial charge in [-0.2, -0.15) is 13.2 Å². The highest BCUT2D eigenvalue weighted by Gasteiger charge is 2.32. The summed E-state index contributed by atoms with van der Waals surface area (Å²) in [4.78, 5) is 5.85. The Hall–Kier alpha value is -0.970. The van der Waals surface area contributed by atoms with E-state index in [1.54, 1.807) is 0 Å². The molecular weight excluding hydrogens is 265 g/mol. The molecule has 1 aromatic rings. The normalized spacial score (nSPS) is 17.7. The molecule has 1 aromatic heterocycles. The van der Waals surface area contributed by atoms with Gasteiger partial charge in [-0.25, -0.2) is 4.98 Å². The van der Waals surface area contributed by atoms with Crippen LogP contribution in [-0.4, -0.2) is 18.1 Å². The van der Waals surface area contributed by atoms with E-state index in [0.717, 1.165) is 51.0 Å². The van der Waals surface area contributed by atoms with Crippen molar-refractivity contribution >= 4 is 17.4 Å². The van der Waals surface area contributed by atoms with Gasteiger partial charge in [-0.1, -0.05) is 24.4 Å². The van der Waals surface area contributed by atoms with Crippen LogP contribution in [0.1, 0.15) is 31.2 Å². The van der Waals surface area contributed by atoms with E-state index >= 15 is 0 Å². The number of aromatic nitrogens is 1. The Morgan fingerprint density at radius 2 is 1.72 bits per heavy atom. The summed E-state index contributed by atoms with van der Waals surface area (Å²) in [6.07, 6.45) is 0.807. The van der Waals surface area contributed by atoms with Crippen molar-refractivity contribution in [3.05, 3.63) is 22.8 Å². The van der Waals surface area contributed by atoms with Crippen LogP contribution >= 0.6 is 11.6 Å². The number of halogens is 4. The molecule has 0 aromatic carbocycles. The third-order valence-corrected chi connectivity index (χ3v) is 3.33. The van der Waals surface area contributed by atoms with Crippen molar-refractivity contribution in [2.75, 3.05) is 18.0 Å². The van der Waals surface area contributed by atoms with E-state index in [2.05, 4.69) is 4.98 Å². The fourth-order valence-electron chi connectivity index (χ4n) is 2.10. The summed E-state index contributed by atoms with van der Waals surface area (Å²) in [6.45, 7) is 1.61. The maximum absolute atomic E-state index is 12.5. The van der Waals surface area contributed by atoms with Gasteiger partial charge in [-0.15, -0.1) is 0 Å². The number of rotatable bonds is 1. The van der Waals surface area contributed by atoms with Crippen LogP contribution in [0.5, 0.6) is 0 Å². The van der Waals surface area contributed by atoms with Crippen LogP contribution in [-0.2, 0) is 6.18 Å². The number of anilines is 1. The van der Waals surface area contributed by atoms with Crippen molar-refractivity contribution in [3.63, 3.8) is 0 Å². The third kappa shape index (κ3) is 3.07. The monoisotopic (exact) mass is 278 g/mol. The zero-order chi connectivity index (χ0) is 13.2. The zero-order valence-electron chi connectivity index (χ0n) is 9.80. The molecule has 1 fully saturated rings. The van der Waals surface area contributed by atoms with Gasteiger partial charge in [-0.05, 0) is 18.9 Å². The fraction of sp³-hybridized carbons (Fsp3) is 0.583. The van der Waals surface area contributed by atoms with Crippen LogP contribution < -0.4 is 4.90 Å². The lowest BCUT2D eigenvalue weighted by molar-refractivity contribution is -0.137. The first-order valence-electron chi connectivity index (χ1n) is 5.96. The molecule has 0 amide bonds. The Labute approximate surface area is 109 Å². The van der Waals surface area contributed by atoms with Gasteiger partial charge in [0.05, 0.1) is 10.6 Å². The number of nitrogens with zero attached hydrogens (tertiary/aromatic N) is 2. The lowest BCUT2D eigenvalue weighted by Crippen LogP contribution is -2.25. The van der Waals surface area contributed by atoms with Crippen molar-refractivity contribution < 1.29 is 13.2 Å². The molecule has 18 heavy (non-hydrogen) atoms. The molecule has 0 atom stereocenters. The lowest BCUT2D eigenvalue weighted by atomic mass is 10.2. The van der Waals surface area contributed by atoms with Gasteiger partial charge < -0.3 is 4.90 Å². The van der Waals surface area contributed by atoms with Crippen LogP contribution in [0.4, 0.5) is 19.0 Å². The molecule has 0 N–H and O–H groups in total. The smallest absolute Gasteiger partial charge is 0.355 e. The number of pyridine rings is 1. The SMILES string of the molecule is FC(F)(F)c1cnc(N2CCCCCC2)c(Cl)c1. The van der Waals surface area contributed by atoms with Crippen molar-refractivity contribution in [3.8, 4) is 0 Å². The third-order valence-electron chi connectivity index (χ3n) is 3.05. The molecule has 6 heteroatoms. The highest BCUT2D eigenvalue weighted by Crippen LogP contribution is 2.33. The summed E-state index contributed by atoms with van der Waals surface area (Å²) < 4.78 is 37.5. The first kappa shape index (κ1) is 13.5. The molecular formula is C12H14ClF3N2. The predicted molar refractivity (Wildman–Crippen MR) is 64.9 cm³/mol. The predicted octanol–water partition coefficient (Wildman–Crippen LogP) is 4.13. The first-order valence-corrected chi connectivity index (χ1v) is 6.34. The maximum Gasteiger partial charge on any atom is 0.417 e. The Morgan fingerprint density at radius 3 is 2.22 bits per heavy atom. The molecule has 0 bridgehead atoms. The number of hydrogen-bond acceptors (Lipinski definition) is 2. The van der Waals surface area contributed by atoms with Crippen molar-refractivity contribution in [2.45, 2.75) is 31.9 Å². The summed E-state index contributed by atoms with van der Waals surface area (Å²) in [7, 11) is 0. The Morgan fingerprint density at radius 1 is 1.11 bits per heavy atom. The minimum absolute atomic E-state index is 0.0757. The van der Waals surface area contributed by atoms with E-state index in [4.69, 9.17) is 11.6 Å². The molecule has 1 aliphatic heterocycles. The lowest BCUT2D eigenvalue weighted by Gasteiger charge is -2.22. The first-order chi connectivity index (χ1) is 8.48. The average molecular weight is 279 g/mol. The molecule has 0 spiro atoms. The molecule has 2 heterocycles. The highest BCUT2D eigenvalue weighted by molar-refractivity contribution is 6.33. The standard InChI is InChI=1S/C12H14ClF3N2/c13-10-7-9(12(14,15)16)8-17-11(10)18-5-3-1-2-4-6-18/h7-8H,1-6H2. The Balaban J connectivity index is 2.23. The molecule has 2 rings (SSSR count). The second-order valence-corrected chi connectivity index (χ2v) is 4.84. The van der Waals surface area contributed by atoms with Gasteiger partial charge >= 0.3 is 6.18 Å². The van der Waals surface area contributed by atoms with Crippen LogP contribution in [0.15, 0.2) is 12.3 Å². The van der Waals surface area contributed by atoms with Crippen LogP contribution in [0.25, 0.3) is 0 Å². The van der Waals surface area contributed by atoms with Crippen LogP contribution in [0.2, 0.25) is 5.02 Å². The molecule has 0 saturated carbocycles. The van der Waals surface area contributed by atoms with Crippen molar-refractivity contribution in [1.82, 2.24) is 4.98 Å². The van der Waals surface area contributed by atoms with Gasteiger partial charge in [-0.3, -0.25) is 0 Å². The van der Waals surface area contributed by atoms with E-state index in [9.17, 15) is 13.2 Å². The Bertz CT molecular complexity index is 412. The Kier molecular flexibility index (Phi) is 4.00. The fourth-order valence-corrected chi connectivity index (χ4v) is 2.39. The van der Waals surface area contributed by atoms with Crippen molar-refractivity contribution in [1.29, 1.82) is 0 Å². The summed E-state index contributed by atoms with van der Waals surface area (Å²) in [5.41, 5.74) is -0.800. The summed E-state index contributed by atoms with van der Waals surface area (Å²) in [5, 5.41) is 0.0757. The molecule has 100 valence electrons. The van der Waals surface area contributed by atoms with E-state index in [1.165, 1.54) is 0 Å². The largest absolute Gasteiger partial charge is 0.417 e. The van der Waals surface area contributed by atoms with E-state index in [0.29, 0.717) is 5.82 Å². The minimum Gasteiger partial charge on any atom is -0.355 e. The second kappa shape index (κ2) is 5.34. The molecule has 0 aliphatic carbocycles. The summed E-state index contributed by atoms with van der Waals surface area (Å²) >= 11 is 5.92. The van der Waals surface area contributed by atoms with Gasteiger partial charge in [0.1, 0.15) is 5.82 Å². The highest BCUT2D eigenvalue weighted by atomic mass is 35.5. The van der Waals surface area contributed by atoms with Gasteiger partial charge in [0.15, 0.2) is 0 Å². The molecule has 1 saturated heterocycles. The van der Waals surface area contributed by atoms with E-state index in [-0.39, 0.29) is 5.02 Å². The number of alkyl halides is 3. The molecule has 2 nitrogen and oxygen atoms in total. The van der Waals surface area contributed by atoms with Gasteiger partial charge in [0, 0.05) is 19.3 Å². The van der Waals surface area contributed by atoms with Gasteiger partial charge in [0.25, 0.3) is 0 Å². The molecule has 1 aliphatic rings. The maximum atomic E-state index is 12.5. The quantitative estimate of drug-likeness (QED) is 0.768. The number of hydrogen-bond donors (Lipinski definition) is 0. The minimum atomic E-state index is -4.39. The second-order valence-electron chi connectivity index (χ2n) is 4.43. The van der Waals surface area contributed by atoms with E-state index in [1.807, 2.05) is 4.90 Å². The zero-order valence-corrected chi connectivity index (χ0v) is 10.6. The molecule has 0 radical (unpaired) electrons. The topological polar surface area (TPSA) is 16.1 Å². The van der Waals surface area contributed by atoms with Gasteiger partial charge in [0.2, 0.25) is 0 Å². The van der Waals surface area contributed by atoms with Crippen LogP contribution in [0, 0.1) is 0 Å². The van der Waals surface area contributed by atoms with E-state index < -0.39 is 11.7 Å². The molecule has 0 unspecified atom stereocenters. The summed E-state index contributed by atoms with van der Waals surface area (Å²) in [6, 6.07) is 0.953. The van der Waals surface area contributed by atoms with Crippen molar-refractivity contribution in [2.24, 2.45) is 0 Å².